The first-order chi connectivity index (χ1) is 7.66. The van der Waals surface area contributed by atoms with E-state index >= 15 is 0 Å². The largest absolute Gasteiger partial charge is 0.313 e. The van der Waals surface area contributed by atoms with E-state index in [2.05, 4.69) is 26.1 Å². The average Bonchev–Trinajstić information content (AvgIpc) is 2.60. The molecule has 16 heavy (non-hydrogen) atoms. The first-order valence-electron chi connectivity index (χ1n) is 7.40. The molecule has 0 heterocycles. The fraction of sp³-hybridized carbons (Fsp3) is 1.00. The molecule has 0 radical (unpaired) electrons. The highest BCUT2D eigenvalue weighted by molar-refractivity contribution is 4.85. The third-order valence-corrected chi connectivity index (χ3v) is 5.27. The molecule has 2 saturated carbocycles. The van der Waals surface area contributed by atoms with E-state index in [1.807, 2.05) is 0 Å². The topological polar surface area (TPSA) is 12.0 Å². The maximum atomic E-state index is 3.85. The Balaban J connectivity index is 1.68. The molecule has 0 saturated heterocycles. The van der Waals surface area contributed by atoms with Crippen molar-refractivity contribution >= 4 is 0 Å². The molecule has 1 nitrogen and oxygen atoms in total. The van der Waals surface area contributed by atoms with Gasteiger partial charge < -0.3 is 5.32 Å². The van der Waals surface area contributed by atoms with E-state index < -0.39 is 0 Å². The van der Waals surface area contributed by atoms with E-state index in [-0.39, 0.29) is 0 Å². The van der Waals surface area contributed by atoms with Crippen molar-refractivity contribution in [2.24, 2.45) is 23.7 Å². The summed E-state index contributed by atoms with van der Waals surface area (Å²) < 4.78 is 0. The Morgan fingerprint density at radius 3 is 2.12 bits per heavy atom. The van der Waals surface area contributed by atoms with Crippen molar-refractivity contribution in [3.63, 3.8) is 0 Å². The van der Waals surface area contributed by atoms with Crippen molar-refractivity contribution in [2.75, 3.05) is 6.54 Å². The molecule has 0 bridgehead atoms. The minimum absolute atomic E-state index is 0.814. The molecule has 0 spiro atoms. The predicted molar refractivity (Wildman–Crippen MR) is 70.5 cm³/mol. The van der Waals surface area contributed by atoms with E-state index in [4.69, 9.17) is 0 Å². The highest BCUT2D eigenvalue weighted by Crippen LogP contribution is 2.32. The summed E-state index contributed by atoms with van der Waals surface area (Å²) in [6.45, 7) is 8.53. The molecule has 3 atom stereocenters. The fourth-order valence-corrected chi connectivity index (χ4v) is 3.50. The number of hydrogen-bond donors (Lipinski definition) is 1. The second-order valence-electron chi connectivity index (χ2n) is 6.55. The maximum absolute atomic E-state index is 3.85. The van der Waals surface area contributed by atoms with Crippen molar-refractivity contribution in [2.45, 2.75) is 65.3 Å². The van der Waals surface area contributed by atoms with Crippen LogP contribution >= 0.6 is 0 Å². The number of hydrogen-bond acceptors (Lipinski definition) is 1. The summed E-state index contributed by atoms with van der Waals surface area (Å²) in [6.07, 6.45) is 8.69. The molecule has 0 amide bonds. The molecule has 3 unspecified atom stereocenters. The molecule has 0 aliphatic heterocycles. The normalized spacial score (nSPS) is 44.8. The van der Waals surface area contributed by atoms with Gasteiger partial charge in [-0.1, -0.05) is 33.6 Å². The summed E-state index contributed by atoms with van der Waals surface area (Å²) in [5.74, 6) is 3.78. The summed E-state index contributed by atoms with van der Waals surface area (Å²) in [5.41, 5.74) is 0. The summed E-state index contributed by atoms with van der Waals surface area (Å²) >= 11 is 0. The van der Waals surface area contributed by atoms with Crippen LogP contribution in [0.15, 0.2) is 0 Å². The molecule has 1 N–H and O–H groups in total. The second-order valence-corrected chi connectivity index (χ2v) is 6.55. The Kier molecular flexibility index (Phi) is 4.29. The third-order valence-electron chi connectivity index (χ3n) is 5.27. The zero-order chi connectivity index (χ0) is 11.5. The molecule has 2 rings (SSSR count). The van der Waals surface area contributed by atoms with Crippen molar-refractivity contribution in [3.8, 4) is 0 Å². The fourth-order valence-electron chi connectivity index (χ4n) is 3.50. The zero-order valence-corrected chi connectivity index (χ0v) is 11.3. The highest BCUT2D eigenvalue weighted by Gasteiger charge is 2.29. The maximum Gasteiger partial charge on any atom is 0.00954 e. The molecule has 2 aliphatic rings. The van der Waals surface area contributed by atoms with Crippen LogP contribution in [0.2, 0.25) is 0 Å². The molecule has 94 valence electrons. The third kappa shape index (κ3) is 3.00. The predicted octanol–water partition coefficient (Wildman–Crippen LogP) is 3.84. The molecule has 1 heteroatoms. The lowest BCUT2D eigenvalue weighted by Gasteiger charge is -2.28. The Bertz CT molecular complexity index is 205. The van der Waals surface area contributed by atoms with Gasteiger partial charge in [-0.25, -0.2) is 0 Å². The van der Waals surface area contributed by atoms with Crippen LogP contribution in [0.25, 0.3) is 0 Å². The van der Waals surface area contributed by atoms with Crippen molar-refractivity contribution in [3.05, 3.63) is 0 Å². The minimum Gasteiger partial charge on any atom is -0.313 e. The van der Waals surface area contributed by atoms with E-state index in [0.29, 0.717) is 0 Å². The zero-order valence-electron chi connectivity index (χ0n) is 11.3. The van der Waals surface area contributed by atoms with Gasteiger partial charge in [0.25, 0.3) is 0 Å². The van der Waals surface area contributed by atoms with Gasteiger partial charge in [0.05, 0.1) is 0 Å². The Morgan fingerprint density at radius 1 is 0.875 bits per heavy atom. The van der Waals surface area contributed by atoms with Crippen LogP contribution in [-0.4, -0.2) is 12.6 Å². The van der Waals surface area contributed by atoms with Crippen LogP contribution in [0.4, 0.5) is 0 Å². The van der Waals surface area contributed by atoms with Crippen molar-refractivity contribution < 1.29 is 0 Å². The average molecular weight is 223 g/mol. The monoisotopic (exact) mass is 223 g/mol. The van der Waals surface area contributed by atoms with Gasteiger partial charge in [0.2, 0.25) is 0 Å². The standard InChI is InChI=1S/C15H29N/c1-11-4-7-14(8-5-11)10-16-15-9-6-12(2)13(15)3/h11-16H,4-10H2,1-3H3. The van der Waals surface area contributed by atoms with Gasteiger partial charge in [0, 0.05) is 6.04 Å². The molecule has 0 aromatic carbocycles. The van der Waals surface area contributed by atoms with Crippen LogP contribution in [0.5, 0.6) is 0 Å². The summed E-state index contributed by atoms with van der Waals surface area (Å²) in [5, 5.41) is 3.85. The van der Waals surface area contributed by atoms with Crippen LogP contribution in [0, 0.1) is 23.7 Å². The number of rotatable bonds is 3. The molecule has 2 fully saturated rings. The Morgan fingerprint density at radius 2 is 1.56 bits per heavy atom. The van der Waals surface area contributed by atoms with Crippen LogP contribution in [0.3, 0.4) is 0 Å². The summed E-state index contributed by atoms with van der Waals surface area (Å²) in [4.78, 5) is 0. The molecule has 2 aliphatic carbocycles. The lowest BCUT2D eigenvalue weighted by molar-refractivity contribution is 0.263. The van der Waals surface area contributed by atoms with E-state index in [1.165, 1.54) is 45.1 Å². The van der Waals surface area contributed by atoms with Gasteiger partial charge >= 0.3 is 0 Å². The lowest BCUT2D eigenvalue weighted by Crippen LogP contribution is -2.36. The van der Waals surface area contributed by atoms with Crippen LogP contribution < -0.4 is 5.32 Å². The van der Waals surface area contributed by atoms with Gasteiger partial charge in [-0.05, 0) is 55.9 Å². The van der Waals surface area contributed by atoms with Crippen molar-refractivity contribution in [1.29, 1.82) is 0 Å². The van der Waals surface area contributed by atoms with E-state index in [0.717, 1.165) is 29.7 Å². The second kappa shape index (κ2) is 5.53. The van der Waals surface area contributed by atoms with Gasteiger partial charge in [-0.3, -0.25) is 0 Å². The highest BCUT2D eigenvalue weighted by atomic mass is 14.9. The smallest absolute Gasteiger partial charge is 0.00954 e. The number of nitrogens with one attached hydrogen (secondary N) is 1. The van der Waals surface area contributed by atoms with Crippen LogP contribution in [-0.2, 0) is 0 Å². The van der Waals surface area contributed by atoms with Gasteiger partial charge in [0.1, 0.15) is 0 Å². The quantitative estimate of drug-likeness (QED) is 0.766. The summed E-state index contributed by atoms with van der Waals surface area (Å²) in [7, 11) is 0. The molecule has 0 aromatic rings. The summed E-state index contributed by atoms with van der Waals surface area (Å²) in [6, 6.07) is 0.814. The first-order valence-corrected chi connectivity index (χ1v) is 7.40. The lowest BCUT2D eigenvalue weighted by atomic mass is 9.83. The van der Waals surface area contributed by atoms with Gasteiger partial charge in [0.15, 0.2) is 0 Å². The van der Waals surface area contributed by atoms with Gasteiger partial charge in [-0.15, -0.1) is 0 Å². The minimum atomic E-state index is 0.814. The van der Waals surface area contributed by atoms with Crippen molar-refractivity contribution in [1.82, 2.24) is 5.32 Å². The molecule has 0 aromatic heterocycles. The Labute approximate surface area is 101 Å². The van der Waals surface area contributed by atoms with E-state index in [9.17, 15) is 0 Å². The van der Waals surface area contributed by atoms with Crippen LogP contribution in [0.1, 0.15) is 59.3 Å². The Hall–Kier alpha value is -0.0400. The van der Waals surface area contributed by atoms with E-state index in [1.54, 1.807) is 0 Å². The molecular formula is C15H29N. The first kappa shape index (κ1) is 12.4. The van der Waals surface area contributed by atoms with Gasteiger partial charge in [-0.2, -0.15) is 0 Å². The SMILES string of the molecule is CC1CCC(CNC2CCC(C)C2C)CC1. The molecular weight excluding hydrogens is 194 g/mol.